The number of aryl methyl sites for hydroxylation is 1. The van der Waals surface area contributed by atoms with Gasteiger partial charge >= 0.3 is 0 Å². The van der Waals surface area contributed by atoms with Gasteiger partial charge in [-0.2, -0.15) is 5.10 Å². The average molecular weight is 347 g/mol. The summed E-state index contributed by atoms with van der Waals surface area (Å²) in [6.45, 7) is 1.20. The molecule has 25 heavy (non-hydrogen) atoms. The summed E-state index contributed by atoms with van der Waals surface area (Å²) in [6.07, 6.45) is 3.80. The van der Waals surface area contributed by atoms with Crippen LogP contribution in [-0.4, -0.2) is 54.1 Å². The second-order valence-corrected chi connectivity index (χ2v) is 5.63. The molecule has 2 N–H and O–H groups in total. The molecule has 8 nitrogen and oxygen atoms in total. The summed E-state index contributed by atoms with van der Waals surface area (Å²) in [4.78, 5) is 6.31. The van der Waals surface area contributed by atoms with Crippen LogP contribution in [0.15, 0.2) is 29.5 Å². The first-order chi connectivity index (χ1) is 12.0. The Morgan fingerprint density at radius 3 is 2.40 bits per heavy atom. The van der Waals surface area contributed by atoms with Gasteiger partial charge in [0.25, 0.3) is 0 Å². The summed E-state index contributed by atoms with van der Waals surface area (Å²) in [6, 6.07) is 3.53. The first-order valence-electron chi connectivity index (χ1n) is 7.81. The third-order valence-corrected chi connectivity index (χ3v) is 3.74. The van der Waals surface area contributed by atoms with Gasteiger partial charge in [-0.15, -0.1) is 0 Å². The summed E-state index contributed by atoms with van der Waals surface area (Å²) in [7, 11) is 8.60. The summed E-state index contributed by atoms with van der Waals surface area (Å²) in [5.41, 5.74) is 2.00. The predicted octanol–water partition coefficient (Wildman–Crippen LogP) is 1.35. The molecule has 0 amide bonds. The highest BCUT2D eigenvalue weighted by molar-refractivity contribution is 5.79. The fourth-order valence-electron chi connectivity index (χ4n) is 2.52. The zero-order chi connectivity index (χ0) is 18.4. The Kier molecular flexibility index (Phi) is 6.10. The lowest BCUT2D eigenvalue weighted by Gasteiger charge is -2.22. The van der Waals surface area contributed by atoms with E-state index in [-0.39, 0.29) is 5.75 Å². The van der Waals surface area contributed by atoms with Gasteiger partial charge in [0.05, 0.1) is 20.4 Å². The Morgan fingerprint density at radius 2 is 1.92 bits per heavy atom. The van der Waals surface area contributed by atoms with E-state index in [9.17, 15) is 5.11 Å². The summed E-state index contributed by atoms with van der Waals surface area (Å²) in [5.74, 6) is 1.48. The van der Waals surface area contributed by atoms with Gasteiger partial charge in [0.2, 0.25) is 5.75 Å². The number of aliphatic imine (C=N–C) groups is 1. The van der Waals surface area contributed by atoms with Gasteiger partial charge in [0, 0.05) is 46.0 Å². The number of nitrogens with one attached hydrogen (secondary N) is 1. The average Bonchev–Trinajstić information content (AvgIpc) is 3.01. The Bertz CT molecular complexity index is 717. The van der Waals surface area contributed by atoms with Gasteiger partial charge in [0.15, 0.2) is 17.5 Å². The number of ether oxygens (including phenoxy) is 2. The highest BCUT2D eigenvalue weighted by Crippen LogP contribution is 2.36. The van der Waals surface area contributed by atoms with Crippen molar-refractivity contribution in [3.63, 3.8) is 0 Å². The lowest BCUT2D eigenvalue weighted by atomic mass is 10.2. The number of hydrogen-bond acceptors (Lipinski definition) is 5. The number of aromatic hydroxyl groups is 1. The zero-order valence-corrected chi connectivity index (χ0v) is 15.3. The van der Waals surface area contributed by atoms with E-state index < -0.39 is 0 Å². The van der Waals surface area contributed by atoms with Crippen LogP contribution in [-0.2, 0) is 20.1 Å². The number of phenolic OH excluding ortho intramolecular Hbond substituents is 1. The molecule has 136 valence electrons. The van der Waals surface area contributed by atoms with E-state index in [1.807, 2.05) is 31.4 Å². The third kappa shape index (κ3) is 4.56. The normalized spacial score (nSPS) is 11.3. The lowest BCUT2D eigenvalue weighted by Crippen LogP contribution is -2.38. The second kappa shape index (κ2) is 8.27. The number of nitrogens with zero attached hydrogens (tertiary/aromatic N) is 4. The van der Waals surface area contributed by atoms with E-state index >= 15 is 0 Å². The van der Waals surface area contributed by atoms with E-state index in [4.69, 9.17) is 9.47 Å². The maximum Gasteiger partial charge on any atom is 0.200 e. The van der Waals surface area contributed by atoms with E-state index in [2.05, 4.69) is 15.4 Å². The van der Waals surface area contributed by atoms with Crippen LogP contribution in [0.3, 0.4) is 0 Å². The number of benzene rings is 1. The van der Waals surface area contributed by atoms with E-state index in [1.165, 1.54) is 14.2 Å². The summed E-state index contributed by atoms with van der Waals surface area (Å²) >= 11 is 0. The largest absolute Gasteiger partial charge is 0.502 e. The van der Waals surface area contributed by atoms with Crippen LogP contribution in [0, 0.1) is 0 Å². The summed E-state index contributed by atoms with van der Waals surface area (Å²) < 4.78 is 12.1. The van der Waals surface area contributed by atoms with Gasteiger partial charge in [0.1, 0.15) is 0 Å². The Balaban J connectivity index is 2.05. The molecule has 0 aliphatic rings. The van der Waals surface area contributed by atoms with Crippen LogP contribution >= 0.6 is 0 Å². The topological polar surface area (TPSA) is 84.1 Å². The van der Waals surface area contributed by atoms with Crippen molar-refractivity contribution in [2.24, 2.45) is 12.0 Å². The Labute approximate surface area is 147 Å². The third-order valence-electron chi connectivity index (χ3n) is 3.74. The van der Waals surface area contributed by atoms with E-state index in [0.29, 0.717) is 24.6 Å². The van der Waals surface area contributed by atoms with Gasteiger partial charge < -0.3 is 24.8 Å². The van der Waals surface area contributed by atoms with Gasteiger partial charge in [-0.1, -0.05) is 0 Å². The molecular formula is C17H25N5O3. The van der Waals surface area contributed by atoms with Crippen molar-refractivity contribution in [1.29, 1.82) is 0 Å². The fourth-order valence-corrected chi connectivity index (χ4v) is 2.52. The molecule has 0 spiro atoms. The van der Waals surface area contributed by atoms with Crippen LogP contribution in [0.1, 0.15) is 11.1 Å². The van der Waals surface area contributed by atoms with Crippen molar-refractivity contribution in [2.75, 3.05) is 28.3 Å². The van der Waals surface area contributed by atoms with E-state index in [1.54, 1.807) is 23.9 Å². The number of methoxy groups -OCH3 is 2. The minimum Gasteiger partial charge on any atom is -0.502 e. The molecule has 1 aromatic carbocycles. The number of guanidine groups is 1. The molecule has 0 radical (unpaired) electrons. The molecule has 0 saturated heterocycles. The van der Waals surface area contributed by atoms with Crippen LogP contribution < -0.4 is 14.8 Å². The van der Waals surface area contributed by atoms with Crippen molar-refractivity contribution in [3.8, 4) is 17.2 Å². The van der Waals surface area contributed by atoms with Crippen molar-refractivity contribution in [1.82, 2.24) is 20.0 Å². The first-order valence-corrected chi connectivity index (χ1v) is 7.81. The van der Waals surface area contributed by atoms with Crippen LogP contribution in [0.25, 0.3) is 0 Å². The number of hydrogen-bond donors (Lipinski definition) is 2. The monoisotopic (exact) mass is 347 g/mol. The molecule has 8 heteroatoms. The van der Waals surface area contributed by atoms with Gasteiger partial charge in [-0.3, -0.25) is 9.67 Å². The molecule has 0 aliphatic heterocycles. The van der Waals surface area contributed by atoms with Crippen LogP contribution in [0.4, 0.5) is 0 Å². The van der Waals surface area contributed by atoms with Crippen LogP contribution in [0.2, 0.25) is 0 Å². The van der Waals surface area contributed by atoms with Crippen molar-refractivity contribution >= 4 is 5.96 Å². The molecule has 2 aromatic rings. The molecular weight excluding hydrogens is 322 g/mol. The fraction of sp³-hybridized carbons (Fsp3) is 0.412. The molecule has 0 bridgehead atoms. The van der Waals surface area contributed by atoms with Crippen molar-refractivity contribution in [2.45, 2.75) is 13.1 Å². The minimum atomic E-state index is -0.00757. The van der Waals surface area contributed by atoms with Crippen molar-refractivity contribution in [3.05, 3.63) is 35.7 Å². The summed E-state index contributed by atoms with van der Waals surface area (Å²) in [5, 5.41) is 17.4. The Hall–Kier alpha value is -2.90. The number of phenols is 1. The highest BCUT2D eigenvalue weighted by Gasteiger charge is 2.13. The zero-order valence-electron chi connectivity index (χ0n) is 15.3. The minimum absolute atomic E-state index is 0.00757. The molecule has 1 heterocycles. The maximum atomic E-state index is 9.98. The number of rotatable bonds is 6. The van der Waals surface area contributed by atoms with E-state index in [0.717, 1.165) is 17.1 Å². The highest BCUT2D eigenvalue weighted by atomic mass is 16.5. The Morgan fingerprint density at radius 1 is 1.28 bits per heavy atom. The quantitative estimate of drug-likeness (QED) is 0.606. The first kappa shape index (κ1) is 18.4. The van der Waals surface area contributed by atoms with Gasteiger partial charge in [-0.05, 0) is 17.7 Å². The molecule has 0 unspecified atom stereocenters. The molecule has 0 fully saturated rings. The lowest BCUT2D eigenvalue weighted by molar-refractivity contribution is 0.339. The molecule has 0 saturated carbocycles. The smallest absolute Gasteiger partial charge is 0.200 e. The molecule has 0 aliphatic carbocycles. The molecule has 0 atom stereocenters. The van der Waals surface area contributed by atoms with Crippen molar-refractivity contribution < 1.29 is 14.6 Å². The standard InChI is InChI=1S/C17H25N5O3/c1-18-17(21(2)10-13-9-20-22(3)11-13)19-8-12-6-14(24-4)16(23)15(7-12)25-5/h6-7,9,11,23H,8,10H2,1-5H3,(H,18,19). The number of aromatic nitrogens is 2. The maximum absolute atomic E-state index is 9.98. The molecule has 1 aromatic heterocycles. The predicted molar refractivity (Wildman–Crippen MR) is 96.1 cm³/mol. The van der Waals surface area contributed by atoms with Crippen LogP contribution in [0.5, 0.6) is 17.2 Å². The second-order valence-electron chi connectivity index (χ2n) is 5.63. The van der Waals surface area contributed by atoms with Gasteiger partial charge in [-0.25, -0.2) is 0 Å². The molecule has 2 rings (SSSR count). The SMILES string of the molecule is CN=C(NCc1cc(OC)c(O)c(OC)c1)N(C)Cc1cnn(C)c1.